The number of rotatable bonds is 8. The summed E-state index contributed by atoms with van der Waals surface area (Å²) in [6.07, 6.45) is 0.887. The quantitative estimate of drug-likeness (QED) is 0.176. The molecule has 0 fully saturated rings. The summed E-state index contributed by atoms with van der Waals surface area (Å²) in [6.45, 7) is 10.1. The molecular formula is C24H32ClN3O4. The van der Waals surface area contributed by atoms with E-state index >= 15 is 0 Å². The van der Waals surface area contributed by atoms with Crippen LogP contribution in [0.2, 0.25) is 0 Å². The van der Waals surface area contributed by atoms with E-state index in [-0.39, 0.29) is 24.7 Å². The summed E-state index contributed by atoms with van der Waals surface area (Å²) < 4.78 is 17.6. The van der Waals surface area contributed by atoms with Crippen LogP contribution in [-0.4, -0.2) is 48.5 Å². The molecule has 8 heteroatoms. The number of carbonyl (C=O) groups is 1. The van der Waals surface area contributed by atoms with Crippen molar-refractivity contribution < 1.29 is 19.0 Å². The van der Waals surface area contributed by atoms with Crippen molar-refractivity contribution in [1.29, 1.82) is 0 Å². The molecule has 32 heavy (non-hydrogen) atoms. The lowest BCUT2D eigenvalue weighted by molar-refractivity contribution is -0.00341. The first kappa shape index (κ1) is 25.5. The van der Waals surface area contributed by atoms with E-state index < -0.39 is 6.16 Å². The second-order valence-electron chi connectivity index (χ2n) is 8.33. The monoisotopic (exact) mass is 461 g/mol. The van der Waals surface area contributed by atoms with Gasteiger partial charge in [0, 0.05) is 31.4 Å². The number of alkyl halides is 1. The Morgan fingerprint density at radius 2 is 1.81 bits per heavy atom. The number of hydrogen-bond donors (Lipinski definition) is 0. The second-order valence-corrected chi connectivity index (χ2v) is 8.71. The summed E-state index contributed by atoms with van der Waals surface area (Å²) in [4.78, 5) is 16.0. The fourth-order valence-electron chi connectivity index (χ4n) is 3.20. The van der Waals surface area contributed by atoms with Crippen molar-refractivity contribution in [2.45, 2.75) is 40.0 Å². The van der Waals surface area contributed by atoms with Gasteiger partial charge in [0.2, 0.25) is 6.79 Å². The predicted molar refractivity (Wildman–Crippen MR) is 128 cm³/mol. The van der Waals surface area contributed by atoms with Gasteiger partial charge in [-0.2, -0.15) is 5.10 Å². The Labute approximate surface area is 195 Å². The van der Waals surface area contributed by atoms with Crippen LogP contribution < -0.4 is 0 Å². The lowest BCUT2D eigenvalue weighted by atomic mass is 9.86. The van der Waals surface area contributed by atoms with Crippen LogP contribution in [0, 0.1) is 13.8 Å². The number of allylic oxidation sites excluding steroid dienone is 1. The smallest absolute Gasteiger partial charge is 0.454 e. The third-order valence-corrected chi connectivity index (χ3v) is 5.13. The molecule has 1 aromatic heterocycles. The Morgan fingerprint density at radius 3 is 2.31 bits per heavy atom. The molecule has 0 aliphatic carbocycles. The van der Waals surface area contributed by atoms with Crippen LogP contribution >= 0.6 is 11.6 Å². The van der Waals surface area contributed by atoms with Gasteiger partial charge in [0.15, 0.2) is 5.76 Å². The van der Waals surface area contributed by atoms with Crippen molar-refractivity contribution in [2.24, 2.45) is 12.0 Å². The third-order valence-electron chi connectivity index (χ3n) is 4.98. The van der Waals surface area contributed by atoms with Crippen molar-refractivity contribution in [1.82, 2.24) is 9.78 Å². The number of aliphatic imine (C=N–C) groups is 1. The molecule has 7 nitrogen and oxygen atoms in total. The van der Waals surface area contributed by atoms with Gasteiger partial charge in [-0.1, -0.05) is 45.0 Å². The summed E-state index contributed by atoms with van der Waals surface area (Å²) in [5.74, 6) is 0.695. The van der Waals surface area contributed by atoms with Gasteiger partial charge in [-0.3, -0.25) is 9.67 Å². The van der Waals surface area contributed by atoms with E-state index in [4.69, 9.17) is 25.8 Å². The van der Waals surface area contributed by atoms with E-state index in [1.165, 1.54) is 5.56 Å². The molecule has 1 aromatic carbocycles. The van der Waals surface area contributed by atoms with E-state index in [0.29, 0.717) is 5.76 Å². The Morgan fingerprint density at radius 1 is 1.16 bits per heavy atom. The minimum Gasteiger partial charge on any atom is -0.454 e. The molecule has 0 spiro atoms. The van der Waals surface area contributed by atoms with E-state index in [9.17, 15) is 4.79 Å². The largest absolute Gasteiger partial charge is 0.511 e. The average Bonchev–Trinajstić information content (AvgIpc) is 2.99. The normalized spacial score (nSPS) is 12.6. The maximum atomic E-state index is 11.7. The zero-order chi connectivity index (χ0) is 23.9. The number of aryl methyl sites for hydroxylation is 2. The Balaban J connectivity index is 2.53. The van der Waals surface area contributed by atoms with Crippen molar-refractivity contribution in [3.8, 4) is 0 Å². The van der Waals surface area contributed by atoms with E-state index in [1.54, 1.807) is 17.9 Å². The van der Waals surface area contributed by atoms with Crippen LogP contribution in [0.4, 0.5) is 4.79 Å². The fraction of sp³-hybridized carbons (Fsp3) is 0.458. The third kappa shape index (κ3) is 6.36. The van der Waals surface area contributed by atoms with Gasteiger partial charge in [-0.05, 0) is 30.4 Å². The number of aromatic nitrogens is 2. The summed E-state index contributed by atoms with van der Waals surface area (Å²) >= 11 is 5.53. The molecule has 0 bridgehead atoms. The van der Waals surface area contributed by atoms with E-state index in [2.05, 4.69) is 43.0 Å². The van der Waals surface area contributed by atoms with Gasteiger partial charge in [0.05, 0.1) is 11.6 Å². The maximum absolute atomic E-state index is 11.7. The zero-order valence-corrected chi connectivity index (χ0v) is 20.6. The molecular weight excluding hydrogens is 430 g/mol. The first-order chi connectivity index (χ1) is 15.1. The first-order valence-corrected chi connectivity index (χ1v) is 10.9. The van der Waals surface area contributed by atoms with Crippen LogP contribution in [0.25, 0.3) is 11.3 Å². The van der Waals surface area contributed by atoms with Crippen molar-refractivity contribution in [3.05, 3.63) is 52.3 Å². The minimum absolute atomic E-state index is 0.0353. The minimum atomic E-state index is -0.844. The Bertz CT molecular complexity index is 986. The second kappa shape index (κ2) is 11.2. The standard InChI is InChI=1S/C24H32ClN3O4/c1-16-17(2)27-28(7)21(16)22(31-15-32-23(29)30-13-12-25)20(14-26-6)18-8-10-19(11-9-18)24(3,4)5/h8-11,14H,12-13,15H2,1-7H3/b22-20-,26-14-. The van der Waals surface area contributed by atoms with Crippen molar-refractivity contribution in [3.63, 3.8) is 0 Å². The molecule has 174 valence electrons. The summed E-state index contributed by atoms with van der Waals surface area (Å²) in [5.41, 5.74) is 5.53. The number of ether oxygens (including phenoxy) is 3. The molecule has 0 saturated heterocycles. The van der Waals surface area contributed by atoms with Gasteiger partial charge in [-0.15, -0.1) is 11.6 Å². The molecule has 0 aliphatic rings. The molecule has 0 saturated carbocycles. The van der Waals surface area contributed by atoms with Crippen LogP contribution in [0.15, 0.2) is 29.3 Å². The van der Waals surface area contributed by atoms with Crippen LogP contribution in [0.1, 0.15) is 48.8 Å². The number of halogens is 1. The average molecular weight is 462 g/mol. The highest BCUT2D eigenvalue weighted by molar-refractivity contribution is 6.18. The number of nitrogens with zero attached hydrogens (tertiary/aromatic N) is 3. The molecule has 2 aromatic rings. The fourth-order valence-corrected chi connectivity index (χ4v) is 3.28. The molecule has 0 radical (unpaired) electrons. The highest BCUT2D eigenvalue weighted by Crippen LogP contribution is 2.31. The first-order valence-electron chi connectivity index (χ1n) is 10.4. The lowest BCUT2D eigenvalue weighted by Gasteiger charge is -2.20. The molecule has 2 rings (SSSR count). The summed E-state index contributed by atoms with van der Waals surface area (Å²) in [5, 5.41) is 4.51. The molecule has 0 atom stereocenters. The topological polar surface area (TPSA) is 74.9 Å². The molecule has 0 unspecified atom stereocenters. The Hall–Kier alpha value is -2.80. The zero-order valence-electron chi connectivity index (χ0n) is 19.9. The summed E-state index contributed by atoms with van der Waals surface area (Å²) in [6, 6.07) is 8.26. The lowest BCUT2D eigenvalue weighted by Crippen LogP contribution is -2.13. The number of hydrogen-bond acceptors (Lipinski definition) is 6. The number of benzene rings is 1. The predicted octanol–water partition coefficient (Wildman–Crippen LogP) is 5.27. The Kier molecular flexibility index (Phi) is 8.89. The maximum Gasteiger partial charge on any atom is 0.511 e. The molecule has 0 aliphatic heterocycles. The summed E-state index contributed by atoms with van der Waals surface area (Å²) in [7, 11) is 3.54. The van der Waals surface area contributed by atoms with E-state index in [1.807, 2.05) is 33.0 Å². The highest BCUT2D eigenvalue weighted by atomic mass is 35.5. The van der Waals surface area contributed by atoms with Gasteiger partial charge >= 0.3 is 6.16 Å². The van der Waals surface area contributed by atoms with Gasteiger partial charge in [0.25, 0.3) is 0 Å². The van der Waals surface area contributed by atoms with E-state index in [0.717, 1.165) is 28.1 Å². The van der Waals surface area contributed by atoms with Crippen LogP contribution in [-0.2, 0) is 26.7 Å². The van der Waals surface area contributed by atoms with Crippen LogP contribution in [0.3, 0.4) is 0 Å². The SMILES string of the molecule is C/N=C\C(=C(\OCOC(=O)OCCCl)c1c(C)c(C)nn1C)c1ccc(C(C)(C)C)cc1. The molecule has 0 amide bonds. The van der Waals surface area contributed by atoms with Crippen molar-refractivity contribution >= 4 is 35.3 Å². The van der Waals surface area contributed by atoms with Gasteiger partial charge in [0.1, 0.15) is 12.3 Å². The molecule has 0 N–H and O–H groups in total. The van der Waals surface area contributed by atoms with Gasteiger partial charge in [-0.25, -0.2) is 4.79 Å². The highest BCUT2D eigenvalue weighted by Gasteiger charge is 2.21. The molecule has 1 heterocycles. The van der Waals surface area contributed by atoms with Crippen LogP contribution in [0.5, 0.6) is 0 Å². The van der Waals surface area contributed by atoms with Crippen molar-refractivity contribution in [2.75, 3.05) is 26.3 Å². The van der Waals surface area contributed by atoms with Gasteiger partial charge < -0.3 is 14.2 Å². The number of carbonyl (C=O) groups excluding carboxylic acids is 1.